The van der Waals surface area contributed by atoms with E-state index in [1.807, 2.05) is 41.3 Å². The minimum absolute atomic E-state index is 0.494. The molecule has 0 amide bonds. The molecule has 5 heteroatoms. The molecule has 0 N–H and O–H groups in total. The van der Waals surface area contributed by atoms with Crippen LogP contribution in [-0.2, 0) is 0 Å². The number of hydrogen-bond donors (Lipinski definition) is 0. The highest BCUT2D eigenvalue weighted by Crippen LogP contribution is 2.27. The summed E-state index contributed by atoms with van der Waals surface area (Å²) in [6.45, 7) is 13.8. The Labute approximate surface area is 160 Å². The molecule has 0 aliphatic rings. The molecule has 1 heterocycles. The van der Waals surface area contributed by atoms with Gasteiger partial charge in [0.25, 0.3) is 0 Å². The van der Waals surface area contributed by atoms with Gasteiger partial charge in [-0.1, -0.05) is 13.2 Å². The molecule has 27 heavy (non-hydrogen) atoms. The van der Waals surface area contributed by atoms with Gasteiger partial charge in [-0.05, 0) is 62.4 Å². The van der Waals surface area contributed by atoms with Crippen molar-refractivity contribution in [1.29, 1.82) is 0 Å². The zero-order chi connectivity index (χ0) is 19.2. The van der Waals surface area contributed by atoms with E-state index in [1.54, 1.807) is 12.4 Å². The van der Waals surface area contributed by atoms with Gasteiger partial charge in [-0.25, -0.2) is 0 Å². The fraction of sp³-hybridized carbons (Fsp3) is 0.182. The van der Waals surface area contributed by atoms with Gasteiger partial charge in [0.05, 0.1) is 0 Å². The number of rotatable bonds is 8. The molecule has 0 saturated carbocycles. The first kappa shape index (κ1) is 18.5. The van der Waals surface area contributed by atoms with E-state index in [9.17, 15) is 0 Å². The van der Waals surface area contributed by atoms with Crippen molar-refractivity contribution in [3.63, 3.8) is 0 Å². The summed E-state index contributed by atoms with van der Waals surface area (Å²) in [5, 5.41) is 8.38. The summed E-state index contributed by atoms with van der Waals surface area (Å²) in [5.74, 6) is 1.01. The summed E-state index contributed by atoms with van der Waals surface area (Å²) in [7, 11) is 0. The molecule has 2 aromatic carbocycles. The minimum Gasteiger partial charge on any atom is -0.416 e. The summed E-state index contributed by atoms with van der Waals surface area (Å²) >= 11 is 0. The van der Waals surface area contributed by atoms with Crippen molar-refractivity contribution in [1.82, 2.24) is 10.2 Å². The Balaban J connectivity index is 1.80. The van der Waals surface area contributed by atoms with Crippen molar-refractivity contribution in [2.75, 3.05) is 22.9 Å². The predicted octanol–water partition coefficient (Wildman–Crippen LogP) is 5.34. The first-order valence-electron chi connectivity index (χ1n) is 9.02. The van der Waals surface area contributed by atoms with Gasteiger partial charge in [-0.2, -0.15) is 0 Å². The maximum absolute atomic E-state index is 5.87. The van der Waals surface area contributed by atoms with Gasteiger partial charge in [-0.15, -0.1) is 10.2 Å². The van der Waals surface area contributed by atoms with Crippen LogP contribution in [-0.4, -0.2) is 23.3 Å². The second kappa shape index (κ2) is 8.36. The lowest BCUT2D eigenvalue weighted by molar-refractivity contribution is 0.584. The number of nitrogens with zero attached hydrogens (tertiary/aromatic N) is 4. The van der Waals surface area contributed by atoms with E-state index in [2.05, 4.69) is 54.2 Å². The predicted molar refractivity (Wildman–Crippen MR) is 112 cm³/mol. The Hall–Kier alpha value is -3.34. The van der Waals surface area contributed by atoms with E-state index < -0.39 is 0 Å². The number of aromatic nitrogens is 2. The third-order valence-corrected chi connectivity index (χ3v) is 4.47. The Morgan fingerprint density at radius 3 is 1.63 bits per heavy atom. The molecule has 0 saturated heterocycles. The summed E-state index contributed by atoms with van der Waals surface area (Å²) < 4.78 is 5.87. The number of benzene rings is 2. The zero-order valence-electron chi connectivity index (χ0n) is 15.8. The average Bonchev–Trinajstić information content (AvgIpc) is 3.21. The smallest absolute Gasteiger partial charge is 0.248 e. The van der Waals surface area contributed by atoms with Crippen LogP contribution in [0.15, 0.2) is 78.5 Å². The Morgan fingerprint density at radius 2 is 1.22 bits per heavy atom. The second-order valence-corrected chi connectivity index (χ2v) is 5.95. The van der Waals surface area contributed by atoms with Gasteiger partial charge in [0.1, 0.15) is 0 Å². The molecular weight excluding hydrogens is 336 g/mol. The van der Waals surface area contributed by atoms with E-state index in [0.29, 0.717) is 11.8 Å². The fourth-order valence-corrected chi connectivity index (χ4v) is 2.92. The van der Waals surface area contributed by atoms with Crippen molar-refractivity contribution in [2.24, 2.45) is 0 Å². The second-order valence-electron chi connectivity index (χ2n) is 5.95. The van der Waals surface area contributed by atoms with Crippen LogP contribution in [0.4, 0.5) is 11.4 Å². The first-order chi connectivity index (χ1) is 13.2. The van der Waals surface area contributed by atoms with E-state index in [-0.39, 0.29) is 0 Å². The van der Waals surface area contributed by atoms with Crippen LogP contribution >= 0.6 is 0 Å². The molecule has 0 bridgehead atoms. The molecule has 0 radical (unpaired) electrons. The molecular formula is C22H24N4O. The fourth-order valence-electron chi connectivity index (χ4n) is 2.92. The van der Waals surface area contributed by atoms with E-state index in [1.165, 1.54) is 5.69 Å². The maximum atomic E-state index is 5.87. The van der Waals surface area contributed by atoms with Crippen LogP contribution in [0.25, 0.3) is 22.9 Å². The third kappa shape index (κ3) is 3.92. The average molecular weight is 360 g/mol. The lowest BCUT2D eigenvalue weighted by Gasteiger charge is -2.20. The molecule has 0 aliphatic carbocycles. The third-order valence-electron chi connectivity index (χ3n) is 4.47. The van der Waals surface area contributed by atoms with E-state index in [0.717, 1.165) is 29.9 Å². The van der Waals surface area contributed by atoms with Gasteiger partial charge in [-0.3, -0.25) is 0 Å². The number of hydrogen-bond acceptors (Lipinski definition) is 5. The standard InChI is InChI=1S/C22H24N4O/c1-5-25(6-2)19-13-9-17(10-14-19)21-23-24-22(27-21)18-11-15-20(16-12-18)26(7-3)8-4/h5-6,9-16H,1-2,7-8H2,3-4H3. The van der Waals surface area contributed by atoms with Crippen LogP contribution in [0.3, 0.4) is 0 Å². The molecule has 3 rings (SSSR count). The highest BCUT2D eigenvalue weighted by atomic mass is 16.4. The molecule has 1 aromatic heterocycles. The normalized spacial score (nSPS) is 10.4. The molecule has 5 nitrogen and oxygen atoms in total. The summed E-state index contributed by atoms with van der Waals surface area (Å²) in [5.41, 5.74) is 3.93. The number of anilines is 2. The largest absolute Gasteiger partial charge is 0.416 e. The van der Waals surface area contributed by atoms with Crippen molar-refractivity contribution in [3.05, 3.63) is 74.1 Å². The van der Waals surface area contributed by atoms with Gasteiger partial charge in [0, 0.05) is 48.0 Å². The van der Waals surface area contributed by atoms with Crippen LogP contribution in [0.1, 0.15) is 13.8 Å². The Morgan fingerprint density at radius 1 is 0.778 bits per heavy atom. The Bertz CT molecular complexity index is 885. The molecule has 138 valence electrons. The molecule has 0 atom stereocenters. The molecule has 0 unspecified atom stereocenters. The van der Waals surface area contributed by atoms with Crippen LogP contribution < -0.4 is 9.80 Å². The molecule has 3 aromatic rings. The zero-order valence-corrected chi connectivity index (χ0v) is 15.8. The quantitative estimate of drug-likeness (QED) is 0.542. The SMILES string of the molecule is C=CN(C=C)c1ccc(-c2nnc(-c3ccc(N(CC)CC)cc3)o2)cc1. The molecule has 0 spiro atoms. The van der Waals surface area contributed by atoms with Crippen molar-refractivity contribution >= 4 is 11.4 Å². The maximum Gasteiger partial charge on any atom is 0.248 e. The van der Waals surface area contributed by atoms with Gasteiger partial charge in [0.2, 0.25) is 11.8 Å². The first-order valence-corrected chi connectivity index (χ1v) is 9.02. The van der Waals surface area contributed by atoms with Crippen LogP contribution in [0.2, 0.25) is 0 Å². The highest BCUT2D eigenvalue weighted by molar-refractivity contribution is 5.63. The van der Waals surface area contributed by atoms with Gasteiger partial charge < -0.3 is 14.2 Å². The van der Waals surface area contributed by atoms with Gasteiger partial charge in [0.15, 0.2) is 0 Å². The van der Waals surface area contributed by atoms with Crippen LogP contribution in [0, 0.1) is 0 Å². The van der Waals surface area contributed by atoms with E-state index in [4.69, 9.17) is 4.42 Å². The van der Waals surface area contributed by atoms with Crippen LogP contribution in [0.5, 0.6) is 0 Å². The Kier molecular flexibility index (Phi) is 5.71. The lowest BCUT2D eigenvalue weighted by Crippen LogP contribution is -2.21. The highest BCUT2D eigenvalue weighted by Gasteiger charge is 2.11. The van der Waals surface area contributed by atoms with Gasteiger partial charge >= 0.3 is 0 Å². The molecule has 0 aliphatic heterocycles. The minimum atomic E-state index is 0.494. The summed E-state index contributed by atoms with van der Waals surface area (Å²) in [4.78, 5) is 4.13. The molecule has 0 fully saturated rings. The van der Waals surface area contributed by atoms with Crippen molar-refractivity contribution in [3.8, 4) is 22.9 Å². The van der Waals surface area contributed by atoms with E-state index >= 15 is 0 Å². The monoisotopic (exact) mass is 360 g/mol. The van der Waals surface area contributed by atoms with Crippen molar-refractivity contribution in [2.45, 2.75) is 13.8 Å². The topological polar surface area (TPSA) is 45.4 Å². The van der Waals surface area contributed by atoms with Crippen molar-refractivity contribution < 1.29 is 4.42 Å². The summed E-state index contributed by atoms with van der Waals surface area (Å²) in [6.07, 6.45) is 3.41. The summed E-state index contributed by atoms with van der Waals surface area (Å²) in [6, 6.07) is 16.0. The lowest BCUT2D eigenvalue weighted by atomic mass is 10.2.